The Hall–Kier alpha value is -0.960. The lowest BCUT2D eigenvalue weighted by molar-refractivity contribution is 0.350. The average molecular weight is 267 g/mol. The van der Waals surface area contributed by atoms with Gasteiger partial charge in [-0.1, -0.05) is 20.3 Å². The van der Waals surface area contributed by atoms with Crippen molar-refractivity contribution in [2.24, 2.45) is 11.8 Å². The molecule has 19 heavy (non-hydrogen) atoms. The van der Waals surface area contributed by atoms with Crippen molar-refractivity contribution in [3.8, 4) is 0 Å². The Labute approximate surface area is 114 Å². The SMILES string of the molecule is CC(C)NCC1CCCC1Cc1cc(F)ccc1F. The van der Waals surface area contributed by atoms with Gasteiger partial charge in [0.05, 0.1) is 0 Å². The smallest absolute Gasteiger partial charge is 0.126 e. The number of nitrogens with one attached hydrogen (secondary N) is 1. The van der Waals surface area contributed by atoms with Crippen LogP contribution in [0.15, 0.2) is 18.2 Å². The summed E-state index contributed by atoms with van der Waals surface area (Å²) in [6.45, 7) is 5.26. The molecule has 2 rings (SSSR count). The van der Waals surface area contributed by atoms with Crippen molar-refractivity contribution in [3.63, 3.8) is 0 Å². The van der Waals surface area contributed by atoms with E-state index in [-0.39, 0.29) is 11.6 Å². The highest BCUT2D eigenvalue weighted by atomic mass is 19.1. The van der Waals surface area contributed by atoms with Crippen LogP contribution in [0.5, 0.6) is 0 Å². The first-order valence-electron chi connectivity index (χ1n) is 7.23. The maximum absolute atomic E-state index is 13.7. The van der Waals surface area contributed by atoms with Crippen molar-refractivity contribution in [3.05, 3.63) is 35.4 Å². The van der Waals surface area contributed by atoms with Gasteiger partial charge in [0.15, 0.2) is 0 Å². The van der Waals surface area contributed by atoms with E-state index >= 15 is 0 Å². The van der Waals surface area contributed by atoms with Crippen molar-refractivity contribution in [2.75, 3.05) is 6.54 Å². The predicted molar refractivity (Wildman–Crippen MR) is 74.0 cm³/mol. The molecule has 1 aliphatic rings. The van der Waals surface area contributed by atoms with Crippen LogP contribution >= 0.6 is 0 Å². The lowest BCUT2D eigenvalue weighted by atomic mass is 9.89. The Balaban J connectivity index is 1.98. The van der Waals surface area contributed by atoms with Gasteiger partial charge in [-0.05, 0) is 61.4 Å². The van der Waals surface area contributed by atoms with E-state index in [9.17, 15) is 8.78 Å². The predicted octanol–water partition coefficient (Wildman–Crippen LogP) is 3.92. The normalized spacial score (nSPS) is 23.2. The van der Waals surface area contributed by atoms with Gasteiger partial charge in [-0.2, -0.15) is 0 Å². The van der Waals surface area contributed by atoms with Crippen LogP contribution in [-0.2, 0) is 6.42 Å². The fourth-order valence-corrected chi connectivity index (χ4v) is 3.02. The van der Waals surface area contributed by atoms with Crippen molar-refractivity contribution < 1.29 is 8.78 Å². The maximum Gasteiger partial charge on any atom is 0.126 e. The van der Waals surface area contributed by atoms with E-state index in [1.165, 1.54) is 31.0 Å². The van der Waals surface area contributed by atoms with Gasteiger partial charge in [0.2, 0.25) is 0 Å². The first-order valence-corrected chi connectivity index (χ1v) is 7.23. The lowest BCUT2D eigenvalue weighted by Gasteiger charge is -2.21. The van der Waals surface area contributed by atoms with Crippen LogP contribution in [0.2, 0.25) is 0 Å². The summed E-state index contributed by atoms with van der Waals surface area (Å²) in [5.74, 6) is 0.447. The first-order chi connectivity index (χ1) is 9.06. The van der Waals surface area contributed by atoms with Crippen LogP contribution in [0.4, 0.5) is 8.78 Å². The van der Waals surface area contributed by atoms with Crippen LogP contribution in [0.25, 0.3) is 0 Å². The molecule has 0 radical (unpaired) electrons. The van der Waals surface area contributed by atoms with E-state index < -0.39 is 0 Å². The van der Waals surface area contributed by atoms with E-state index in [0.717, 1.165) is 13.0 Å². The Kier molecular flexibility index (Phi) is 4.92. The van der Waals surface area contributed by atoms with E-state index in [2.05, 4.69) is 19.2 Å². The molecule has 3 heteroatoms. The van der Waals surface area contributed by atoms with Crippen LogP contribution in [0.3, 0.4) is 0 Å². The standard InChI is InChI=1S/C16H23F2N/c1-11(2)19-10-13-5-3-4-12(13)8-14-9-15(17)6-7-16(14)18/h6-7,9,11-13,19H,3-5,8,10H2,1-2H3. The number of hydrogen-bond donors (Lipinski definition) is 1. The molecule has 0 heterocycles. The van der Waals surface area contributed by atoms with Crippen molar-refractivity contribution in [2.45, 2.75) is 45.6 Å². The van der Waals surface area contributed by atoms with E-state index in [0.29, 0.717) is 29.9 Å². The van der Waals surface area contributed by atoms with Gasteiger partial charge in [0.25, 0.3) is 0 Å². The molecule has 1 aromatic carbocycles. The molecule has 0 saturated heterocycles. The molecule has 0 bridgehead atoms. The summed E-state index contributed by atoms with van der Waals surface area (Å²) in [7, 11) is 0. The molecule has 0 amide bonds. The second kappa shape index (κ2) is 6.47. The molecular formula is C16H23F2N. The van der Waals surface area contributed by atoms with E-state index in [1.807, 2.05) is 0 Å². The molecule has 0 aliphatic heterocycles. The molecule has 2 unspecified atom stereocenters. The topological polar surface area (TPSA) is 12.0 Å². The summed E-state index contributed by atoms with van der Waals surface area (Å²) in [6, 6.07) is 4.25. The third-order valence-electron chi connectivity index (χ3n) is 4.09. The molecule has 1 saturated carbocycles. The van der Waals surface area contributed by atoms with E-state index in [1.54, 1.807) is 0 Å². The Morgan fingerprint density at radius 3 is 2.68 bits per heavy atom. The van der Waals surface area contributed by atoms with Crippen LogP contribution in [0, 0.1) is 23.5 Å². The summed E-state index contributed by atoms with van der Waals surface area (Å²) in [6.07, 6.45) is 4.18. The highest BCUT2D eigenvalue weighted by molar-refractivity contribution is 5.19. The Bertz CT molecular complexity index is 417. The third-order valence-corrected chi connectivity index (χ3v) is 4.09. The van der Waals surface area contributed by atoms with Gasteiger partial charge in [-0.3, -0.25) is 0 Å². The highest BCUT2D eigenvalue weighted by Crippen LogP contribution is 2.34. The molecular weight excluding hydrogens is 244 g/mol. The lowest BCUT2D eigenvalue weighted by Crippen LogP contribution is -2.31. The minimum atomic E-state index is -0.341. The van der Waals surface area contributed by atoms with Crippen LogP contribution < -0.4 is 5.32 Å². The second-order valence-electron chi connectivity index (χ2n) is 5.95. The zero-order chi connectivity index (χ0) is 13.8. The molecule has 1 aromatic rings. The Morgan fingerprint density at radius 1 is 1.21 bits per heavy atom. The summed E-state index contributed by atoms with van der Waals surface area (Å²) in [5, 5.41) is 3.46. The molecule has 2 atom stereocenters. The molecule has 1 N–H and O–H groups in total. The van der Waals surface area contributed by atoms with Gasteiger partial charge >= 0.3 is 0 Å². The summed E-state index contributed by atoms with van der Waals surface area (Å²) < 4.78 is 26.9. The number of benzene rings is 1. The van der Waals surface area contributed by atoms with E-state index in [4.69, 9.17) is 0 Å². The van der Waals surface area contributed by atoms with Gasteiger partial charge in [0, 0.05) is 6.04 Å². The molecule has 0 spiro atoms. The Morgan fingerprint density at radius 2 is 1.95 bits per heavy atom. The van der Waals surface area contributed by atoms with Crippen molar-refractivity contribution in [1.82, 2.24) is 5.32 Å². The van der Waals surface area contributed by atoms with Gasteiger partial charge in [-0.15, -0.1) is 0 Å². The number of halogens is 2. The summed E-state index contributed by atoms with van der Waals surface area (Å²) in [5.41, 5.74) is 0.529. The molecule has 106 valence electrons. The van der Waals surface area contributed by atoms with Gasteiger partial charge in [0.1, 0.15) is 11.6 Å². The molecule has 1 fully saturated rings. The second-order valence-corrected chi connectivity index (χ2v) is 5.95. The summed E-state index contributed by atoms with van der Waals surface area (Å²) in [4.78, 5) is 0. The fourth-order valence-electron chi connectivity index (χ4n) is 3.02. The fraction of sp³-hybridized carbons (Fsp3) is 0.625. The highest BCUT2D eigenvalue weighted by Gasteiger charge is 2.28. The van der Waals surface area contributed by atoms with Gasteiger partial charge < -0.3 is 5.32 Å². The third kappa shape index (κ3) is 4.00. The maximum atomic E-state index is 13.7. The zero-order valence-electron chi connectivity index (χ0n) is 11.8. The molecule has 1 nitrogen and oxygen atoms in total. The van der Waals surface area contributed by atoms with Crippen molar-refractivity contribution in [1.29, 1.82) is 0 Å². The van der Waals surface area contributed by atoms with Crippen molar-refractivity contribution >= 4 is 0 Å². The van der Waals surface area contributed by atoms with Crippen LogP contribution in [0.1, 0.15) is 38.7 Å². The first kappa shape index (κ1) is 14.4. The molecule has 1 aliphatic carbocycles. The average Bonchev–Trinajstić information content (AvgIpc) is 2.79. The minimum Gasteiger partial charge on any atom is -0.314 e. The van der Waals surface area contributed by atoms with Gasteiger partial charge in [-0.25, -0.2) is 8.78 Å². The number of hydrogen-bond acceptors (Lipinski definition) is 1. The summed E-state index contributed by atoms with van der Waals surface area (Å²) >= 11 is 0. The minimum absolute atomic E-state index is 0.274. The monoisotopic (exact) mass is 267 g/mol. The zero-order valence-corrected chi connectivity index (χ0v) is 11.8. The quantitative estimate of drug-likeness (QED) is 0.852. The number of rotatable bonds is 5. The van der Waals surface area contributed by atoms with Crippen LogP contribution in [-0.4, -0.2) is 12.6 Å². The molecule has 0 aromatic heterocycles. The largest absolute Gasteiger partial charge is 0.314 e.